The fraction of sp³-hybridized carbons (Fsp3) is 0.385. The molecule has 2 aromatic heterocycles. The highest BCUT2D eigenvalue weighted by atomic mass is 32.1. The normalized spacial score (nSPS) is 12.5. The number of rotatable bonds is 4. The maximum Gasteiger partial charge on any atom is 0.224 e. The number of ether oxygens (including phenoxy) is 1. The lowest BCUT2D eigenvalue weighted by molar-refractivity contribution is 0.305. The smallest absolute Gasteiger partial charge is 0.224 e. The Labute approximate surface area is 114 Å². The van der Waals surface area contributed by atoms with E-state index in [4.69, 9.17) is 4.74 Å². The summed E-state index contributed by atoms with van der Waals surface area (Å²) in [5, 5.41) is 0. The van der Waals surface area contributed by atoms with Gasteiger partial charge in [0.05, 0.1) is 23.5 Å². The predicted molar refractivity (Wildman–Crippen MR) is 75.3 cm³/mol. The summed E-state index contributed by atoms with van der Waals surface area (Å²) in [4.78, 5) is 17.5. The van der Waals surface area contributed by atoms with Gasteiger partial charge in [-0.25, -0.2) is 4.98 Å². The van der Waals surface area contributed by atoms with Crippen LogP contribution in [0.1, 0.15) is 24.6 Å². The second-order valence-electron chi connectivity index (χ2n) is 4.39. The van der Waals surface area contributed by atoms with Gasteiger partial charge in [0.15, 0.2) is 5.75 Å². The molecule has 1 aliphatic rings. The SMILES string of the molecule is CCCCOc1c2n(ccc1=O)NCc1scnc1-2. The van der Waals surface area contributed by atoms with Crippen LogP contribution in [0.4, 0.5) is 0 Å². The number of thiazole rings is 1. The van der Waals surface area contributed by atoms with Crippen molar-refractivity contribution in [3.63, 3.8) is 0 Å². The van der Waals surface area contributed by atoms with Crippen molar-refractivity contribution in [2.75, 3.05) is 12.0 Å². The number of fused-ring (bicyclic) bond motifs is 3. The van der Waals surface area contributed by atoms with E-state index in [2.05, 4.69) is 17.3 Å². The van der Waals surface area contributed by atoms with E-state index in [-0.39, 0.29) is 5.43 Å². The maximum atomic E-state index is 12.0. The van der Waals surface area contributed by atoms with Crippen LogP contribution in [-0.2, 0) is 6.54 Å². The van der Waals surface area contributed by atoms with Crippen molar-refractivity contribution in [1.29, 1.82) is 0 Å². The molecule has 5 nitrogen and oxygen atoms in total. The summed E-state index contributed by atoms with van der Waals surface area (Å²) < 4.78 is 7.52. The molecule has 0 fully saturated rings. The standard InChI is InChI=1S/C13H15N3O2S/c1-2-3-6-18-13-9(17)4-5-16-12(13)11-10(7-15-16)19-8-14-11/h4-5,8,15H,2-3,6-7H2,1H3. The Bertz CT molecular complexity index is 648. The fourth-order valence-corrected chi connectivity index (χ4v) is 2.77. The van der Waals surface area contributed by atoms with Gasteiger partial charge in [-0.3, -0.25) is 9.47 Å². The predicted octanol–water partition coefficient (Wildman–Crippen LogP) is 2.21. The lowest BCUT2D eigenvalue weighted by atomic mass is 10.2. The second kappa shape index (κ2) is 5.05. The van der Waals surface area contributed by atoms with Crippen LogP contribution in [0.5, 0.6) is 5.75 Å². The molecule has 1 aliphatic heterocycles. The Morgan fingerprint density at radius 1 is 1.58 bits per heavy atom. The van der Waals surface area contributed by atoms with E-state index in [1.54, 1.807) is 23.0 Å². The van der Waals surface area contributed by atoms with Crippen molar-refractivity contribution in [2.45, 2.75) is 26.3 Å². The second-order valence-corrected chi connectivity index (χ2v) is 5.33. The monoisotopic (exact) mass is 277 g/mol. The summed E-state index contributed by atoms with van der Waals surface area (Å²) >= 11 is 1.59. The van der Waals surface area contributed by atoms with Gasteiger partial charge in [-0.05, 0) is 6.42 Å². The van der Waals surface area contributed by atoms with Gasteiger partial charge in [0, 0.05) is 12.3 Å². The molecule has 0 amide bonds. The van der Waals surface area contributed by atoms with Crippen LogP contribution in [-0.4, -0.2) is 16.3 Å². The first-order valence-corrected chi connectivity index (χ1v) is 7.24. The Morgan fingerprint density at radius 3 is 3.32 bits per heavy atom. The number of unbranched alkanes of at least 4 members (excludes halogenated alkanes) is 1. The molecule has 1 N–H and O–H groups in total. The number of hydrogen-bond acceptors (Lipinski definition) is 5. The molecule has 0 unspecified atom stereocenters. The molecular formula is C13H15N3O2S. The van der Waals surface area contributed by atoms with Crippen LogP contribution in [0.15, 0.2) is 22.6 Å². The van der Waals surface area contributed by atoms with Gasteiger partial charge in [-0.15, -0.1) is 11.3 Å². The molecule has 100 valence electrons. The molecule has 0 atom stereocenters. The Hall–Kier alpha value is -1.82. The number of pyridine rings is 1. The largest absolute Gasteiger partial charge is 0.487 e. The van der Waals surface area contributed by atoms with Gasteiger partial charge in [-0.2, -0.15) is 0 Å². The molecule has 0 saturated heterocycles. The summed E-state index contributed by atoms with van der Waals surface area (Å²) in [7, 11) is 0. The third kappa shape index (κ3) is 2.12. The maximum absolute atomic E-state index is 12.0. The Balaban J connectivity index is 2.07. The fourth-order valence-electron chi connectivity index (χ4n) is 2.08. The zero-order valence-electron chi connectivity index (χ0n) is 10.7. The first-order chi connectivity index (χ1) is 9.31. The average Bonchev–Trinajstić information content (AvgIpc) is 2.89. The topological polar surface area (TPSA) is 56.1 Å². The van der Waals surface area contributed by atoms with E-state index in [1.807, 2.05) is 4.68 Å². The molecule has 0 saturated carbocycles. The molecule has 0 radical (unpaired) electrons. The number of nitrogens with one attached hydrogen (secondary N) is 1. The summed E-state index contributed by atoms with van der Waals surface area (Å²) in [5.74, 6) is 0.398. The van der Waals surface area contributed by atoms with Gasteiger partial charge >= 0.3 is 0 Å². The van der Waals surface area contributed by atoms with Crippen LogP contribution in [0.2, 0.25) is 0 Å². The third-order valence-electron chi connectivity index (χ3n) is 3.07. The van der Waals surface area contributed by atoms with Crippen LogP contribution in [0.25, 0.3) is 11.4 Å². The van der Waals surface area contributed by atoms with E-state index >= 15 is 0 Å². The minimum atomic E-state index is -0.0926. The van der Waals surface area contributed by atoms with Crippen molar-refractivity contribution >= 4 is 11.3 Å². The highest BCUT2D eigenvalue weighted by Gasteiger charge is 2.23. The zero-order chi connectivity index (χ0) is 13.2. The minimum Gasteiger partial charge on any atom is -0.487 e. The van der Waals surface area contributed by atoms with E-state index in [0.717, 1.165) is 35.7 Å². The van der Waals surface area contributed by atoms with Crippen molar-refractivity contribution in [3.05, 3.63) is 32.9 Å². The zero-order valence-corrected chi connectivity index (χ0v) is 11.5. The molecule has 0 aromatic carbocycles. The summed E-state index contributed by atoms with van der Waals surface area (Å²) in [6, 6.07) is 1.52. The van der Waals surface area contributed by atoms with Gasteiger partial charge in [-0.1, -0.05) is 13.3 Å². The van der Waals surface area contributed by atoms with Crippen molar-refractivity contribution in [3.8, 4) is 17.1 Å². The molecule has 3 rings (SSSR count). The van der Waals surface area contributed by atoms with Crippen LogP contribution >= 0.6 is 11.3 Å². The first kappa shape index (κ1) is 12.2. The number of nitrogens with zero attached hydrogens (tertiary/aromatic N) is 2. The lowest BCUT2D eigenvalue weighted by Crippen LogP contribution is -2.25. The van der Waals surface area contributed by atoms with Gasteiger partial charge in [0.1, 0.15) is 11.4 Å². The highest BCUT2D eigenvalue weighted by Crippen LogP contribution is 2.33. The third-order valence-corrected chi connectivity index (χ3v) is 3.91. The van der Waals surface area contributed by atoms with E-state index < -0.39 is 0 Å². The van der Waals surface area contributed by atoms with Crippen molar-refractivity contribution < 1.29 is 4.74 Å². The van der Waals surface area contributed by atoms with Crippen molar-refractivity contribution in [2.24, 2.45) is 0 Å². The van der Waals surface area contributed by atoms with E-state index in [9.17, 15) is 4.79 Å². The minimum absolute atomic E-state index is 0.0926. The molecule has 2 aromatic rings. The molecule has 0 bridgehead atoms. The van der Waals surface area contributed by atoms with Crippen LogP contribution < -0.4 is 15.6 Å². The molecule has 19 heavy (non-hydrogen) atoms. The Kier molecular flexibility index (Phi) is 3.25. The van der Waals surface area contributed by atoms with Crippen LogP contribution in [0.3, 0.4) is 0 Å². The molecule has 0 spiro atoms. The van der Waals surface area contributed by atoms with Gasteiger partial charge < -0.3 is 10.2 Å². The number of aromatic nitrogens is 2. The summed E-state index contributed by atoms with van der Waals surface area (Å²) in [6.07, 6.45) is 3.70. The van der Waals surface area contributed by atoms with Gasteiger partial charge in [0.2, 0.25) is 5.43 Å². The lowest BCUT2D eigenvalue weighted by Gasteiger charge is -2.22. The number of hydrogen-bond donors (Lipinski definition) is 1. The first-order valence-electron chi connectivity index (χ1n) is 6.36. The van der Waals surface area contributed by atoms with E-state index in [1.165, 1.54) is 6.07 Å². The molecule has 0 aliphatic carbocycles. The summed E-state index contributed by atoms with van der Waals surface area (Å²) in [6.45, 7) is 3.38. The van der Waals surface area contributed by atoms with Crippen molar-refractivity contribution in [1.82, 2.24) is 9.66 Å². The molecular weight excluding hydrogens is 262 g/mol. The van der Waals surface area contributed by atoms with Crippen LogP contribution in [0, 0.1) is 0 Å². The van der Waals surface area contributed by atoms with E-state index in [0.29, 0.717) is 12.4 Å². The summed E-state index contributed by atoms with van der Waals surface area (Å²) in [5.41, 5.74) is 6.54. The van der Waals surface area contributed by atoms with Gasteiger partial charge in [0.25, 0.3) is 0 Å². The molecule has 3 heterocycles. The molecule has 6 heteroatoms. The highest BCUT2D eigenvalue weighted by molar-refractivity contribution is 7.10. The quantitative estimate of drug-likeness (QED) is 0.871. The average molecular weight is 277 g/mol. The Morgan fingerprint density at radius 2 is 2.47 bits per heavy atom.